The van der Waals surface area contributed by atoms with Crippen LogP contribution in [-0.4, -0.2) is 200 Å². The lowest BCUT2D eigenvalue weighted by Crippen LogP contribution is -2.60. The predicted molar refractivity (Wildman–Crippen MR) is 396 cm³/mol. The van der Waals surface area contributed by atoms with E-state index in [1.807, 2.05) is 55.4 Å². The Morgan fingerprint density at radius 3 is 1.19 bits per heavy atom. The summed E-state index contributed by atoms with van der Waals surface area (Å²) >= 11 is 0. The highest BCUT2D eigenvalue weighted by atomic mass is 19.1. The minimum Gasteiger partial charge on any atom is -0.489 e. The molecule has 108 heavy (non-hydrogen) atoms. The number of halogens is 4. The maximum absolute atomic E-state index is 14.7. The van der Waals surface area contributed by atoms with Gasteiger partial charge in [0.1, 0.15) is 82.1 Å². The van der Waals surface area contributed by atoms with Crippen molar-refractivity contribution in [3.63, 3.8) is 0 Å². The number of aryl methyl sites for hydroxylation is 3. The Morgan fingerprint density at radius 2 is 0.880 bits per heavy atom. The third-order valence-electron chi connectivity index (χ3n) is 18.4. The van der Waals surface area contributed by atoms with Crippen molar-refractivity contribution in [1.82, 2.24) is 63.8 Å². The Balaban J connectivity index is 0.000000271. The summed E-state index contributed by atoms with van der Waals surface area (Å²) in [6.07, 6.45) is 9.84. The Kier molecular flexibility index (Phi) is 29.2. The molecule has 2 aliphatic rings. The Hall–Kier alpha value is -10.6. The van der Waals surface area contributed by atoms with Crippen LogP contribution in [0.5, 0.6) is 11.5 Å². The molecule has 3 aromatic heterocycles. The van der Waals surface area contributed by atoms with Crippen molar-refractivity contribution in [2.45, 2.75) is 163 Å². The van der Waals surface area contributed by atoms with Crippen LogP contribution in [0.1, 0.15) is 145 Å². The van der Waals surface area contributed by atoms with Gasteiger partial charge >= 0.3 is 12.1 Å². The maximum atomic E-state index is 14.7. The zero-order valence-corrected chi connectivity index (χ0v) is 64.5. The van der Waals surface area contributed by atoms with Gasteiger partial charge in [0.15, 0.2) is 5.69 Å². The number of amides is 7. The minimum atomic E-state index is -1.03. The first-order chi connectivity index (χ1) is 50.7. The summed E-state index contributed by atoms with van der Waals surface area (Å²) in [5.41, 5.74) is 0.108. The second-order valence-electron chi connectivity index (χ2n) is 30.7. The van der Waals surface area contributed by atoms with Gasteiger partial charge in [-0.1, -0.05) is 79.7 Å². The number of aromatic nitrogens is 6. The maximum Gasteiger partial charge on any atom is 0.410 e. The molecule has 0 radical (unpaired) electrons. The summed E-state index contributed by atoms with van der Waals surface area (Å²) in [4.78, 5) is 126. The molecule has 0 bridgehead atoms. The normalized spacial score (nSPS) is 16.8. The number of carbonyl (C=O) groups is 8. The fourth-order valence-electron chi connectivity index (χ4n) is 12.0. The summed E-state index contributed by atoms with van der Waals surface area (Å²) < 4.78 is 77.3. The molecule has 9 rings (SSSR count). The molecule has 2 aliphatic heterocycles. The quantitative estimate of drug-likeness (QED) is 0.0449. The molecular weight excluding hydrogens is 1400 g/mol. The van der Waals surface area contributed by atoms with Gasteiger partial charge in [-0.2, -0.15) is 0 Å². The summed E-state index contributed by atoms with van der Waals surface area (Å²) in [5.74, 6) is -3.92. The molecule has 7 amide bonds. The monoisotopic (exact) mass is 1500 g/mol. The number of carboxylic acids is 1. The lowest BCUT2D eigenvalue weighted by molar-refractivity contribution is -0.141. The first kappa shape index (κ1) is 84.6. The summed E-state index contributed by atoms with van der Waals surface area (Å²) in [5, 5.41) is 14.2. The molecule has 0 spiro atoms. The van der Waals surface area contributed by atoms with Gasteiger partial charge in [-0.15, -0.1) is 0 Å². The van der Waals surface area contributed by atoms with Gasteiger partial charge in [-0.25, -0.2) is 42.1 Å². The molecule has 5 heterocycles. The van der Waals surface area contributed by atoms with Crippen LogP contribution in [0.3, 0.4) is 0 Å². The predicted octanol–water partition coefficient (Wildman–Crippen LogP) is 10.3. The van der Waals surface area contributed by atoms with E-state index >= 15 is 0 Å². The number of rotatable bonds is 25. The van der Waals surface area contributed by atoms with Crippen LogP contribution < -0.4 is 20.1 Å². The Morgan fingerprint density at radius 1 is 0.537 bits per heavy atom. The highest BCUT2D eigenvalue weighted by Crippen LogP contribution is 2.32. The molecule has 25 nitrogen and oxygen atoms in total. The third kappa shape index (κ3) is 24.7. The molecule has 2 saturated heterocycles. The van der Waals surface area contributed by atoms with Gasteiger partial charge in [-0.3, -0.25) is 33.7 Å². The number of ether oxygens (including phenoxy) is 3. The van der Waals surface area contributed by atoms with E-state index in [-0.39, 0.29) is 96.8 Å². The average Bonchev–Trinajstić information content (AvgIpc) is 1.60. The van der Waals surface area contributed by atoms with Crippen molar-refractivity contribution in [3.8, 4) is 11.5 Å². The van der Waals surface area contributed by atoms with Crippen LogP contribution in [-0.2, 0) is 57.9 Å². The molecule has 7 aromatic rings. The molecule has 2 fully saturated rings. The minimum absolute atomic E-state index is 0.0810. The fraction of sp³-hybridized carbons (Fsp3) is 0.481. The zero-order valence-electron chi connectivity index (χ0n) is 64.5. The van der Waals surface area contributed by atoms with E-state index in [2.05, 4.69) is 25.6 Å². The van der Waals surface area contributed by atoms with Crippen LogP contribution in [0.2, 0.25) is 0 Å². The number of likely N-dealkylation sites (tertiary alicyclic amines) is 2. The van der Waals surface area contributed by atoms with E-state index in [9.17, 15) is 55.9 Å². The van der Waals surface area contributed by atoms with Crippen molar-refractivity contribution in [2.24, 2.45) is 37.9 Å². The number of hydrogen-bond acceptors (Lipinski definition) is 14. The summed E-state index contributed by atoms with van der Waals surface area (Å²) in [7, 11) is 6.72. The SMILES string of the molecule is CC[C@@H](C)C(=O)N[C@H](C(=O)N1C[C@@H](Oc2ccc(F)cc2)C[C@H]1CN(CCc1ccc(F)cc1)C(=O)c1cn(C)cn1)C(C)(C)C.C[C@@H](C(=O)N[C@H](C(=O)N1C[C@@H](Oc2ccc(F)cc2)C[C@H]1CN(CCc1ccc(F)cc1)C(=O)c1cn(C)cn1)C(C)(C)C)N(C)C(=O)OC(C)(C)C.Cn1cnc(C(=O)O)c1. The number of imidazole rings is 3. The number of carbonyl (C=O) groups excluding carboxylic acids is 7. The summed E-state index contributed by atoms with van der Waals surface area (Å²) in [6.45, 7) is 22.9. The van der Waals surface area contributed by atoms with E-state index in [0.717, 1.165) is 11.1 Å². The van der Waals surface area contributed by atoms with Crippen molar-refractivity contribution in [2.75, 3.05) is 46.3 Å². The van der Waals surface area contributed by atoms with E-state index in [1.165, 1.54) is 91.5 Å². The van der Waals surface area contributed by atoms with Crippen LogP contribution in [0, 0.1) is 40.0 Å². The van der Waals surface area contributed by atoms with Crippen LogP contribution in [0.15, 0.2) is 135 Å². The van der Waals surface area contributed by atoms with E-state index in [1.54, 1.807) is 137 Å². The van der Waals surface area contributed by atoms with Crippen LogP contribution in [0.4, 0.5) is 22.4 Å². The molecule has 29 heteroatoms. The van der Waals surface area contributed by atoms with Crippen LogP contribution in [0.25, 0.3) is 0 Å². The highest BCUT2D eigenvalue weighted by molar-refractivity contribution is 5.94. The topological polar surface area (TPSA) is 278 Å². The fourth-order valence-corrected chi connectivity index (χ4v) is 12.0. The molecule has 0 aliphatic carbocycles. The first-order valence-corrected chi connectivity index (χ1v) is 35.9. The Labute approximate surface area is 628 Å². The van der Waals surface area contributed by atoms with Gasteiger partial charge < -0.3 is 63.3 Å². The molecule has 584 valence electrons. The van der Waals surface area contributed by atoms with E-state index in [0.29, 0.717) is 50.1 Å². The number of carboxylic acid groups (broad SMARTS) is 1. The van der Waals surface area contributed by atoms with Gasteiger partial charge in [0.05, 0.1) is 44.2 Å². The van der Waals surface area contributed by atoms with Crippen molar-refractivity contribution in [1.29, 1.82) is 0 Å². The van der Waals surface area contributed by atoms with Gasteiger partial charge in [0.25, 0.3) is 11.8 Å². The van der Waals surface area contributed by atoms with Crippen molar-refractivity contribution in [3.05, 3.63) is 186 Å². The molecule has 3 N–H and O–H groups in total. The Bertz CT molecular complexity index is 4170. The second-order valence-corrected chi connectivity index (χ2v) is 30.7. The first-order valence-electron chi connectivity index (χ1n) is 35.9. The smallest absolute Gasteiger partial charge is 0.410 e. The second kappa shape index (κ2) is 37.3. The van der Waals surface area contributed by atoms with Gasteiger partial charge in [-0.05, 0) is 142 Å². The molecule has 4 aromatic carbocycles. The molecule has 8 atom stereocenters. The van der Waals surface area contributed by atoms with Crippen LogP contribution >= 0.6 is 0 Å². The number of aromatic carboxylic acids is 1. The van der Waals surface area contributed by atoms with Gasteiger partial charge in [0, 0.05) is 91.7 Å². The third-order valence-corrected chi connectivity index (χ3v) is 18.4. The number of hydrogen-bond donors (Lipinski definition) is 3. The lowest BCUT2D eigenvalue weighted by atomic mass is 9.85. The average molecular weight is 1500 g/mol. The molecule has 0 unspecified atom stereocenters. The number of nitrogens with one attached hydrogen (secondary N) is 2. The molecular formula is C79H103F4N13O12. The number of nitrogens with zero attached hydrogens (tertiary/aromatic N) is 11. The van der Waals surface area contributed by atoms with Gasteiger partial charge in [0.2, 0.25) is 23.6 Å². The zero-order chi connectivity index (χ0) is 79.7. The number of likely N-dealkylation sites (N-methyl/N-ethyl adjacent to an activating group) is 1. The standard InChI is InChI=1S/C39H52F2N6O6.C35H45F2N5O4.C5H6N2O2/c1-25(45(9)37(51)53-39(5,6)7)34(48)43-33(38(2,3)4)36(50)47-22-31(52-30-16-14-28(41)15-17-30)20-29(47)21-46(35(49)32-23-44(8)24-42-32)19-18-26-10-12-27(40)13-11-26;1-7-23(2)32(43)39-31(35(3,4)5)34(45)42-20-29(46-28-14-12-26(37)13-15-28)18-27(42)19-41(33(44)30-21-40(6)22-38-30)17-16-24-8-10-25(36)11-9-24;1-7-2-4(5(8)9)6-3-7/h10-17,23-25,29,31,33H,18-22H2,1-9H3,(H,43,48);8-15,21-23,27,29,31H,7,16-20H2,1-6H3,(H,39,43);2-3H,1H3,(H,8,9)/t25-,29-,31-,33+;23-,27+,29+,31-;/m01./s1. The van der Waals surface area contributed by atoms with E-state index in [4.69, 9.17) is 19.3 Å². The number of benzene rings is 4. The van der Waals surface area contributed by atoms with E-state index < -0.39 is 88.5 Å². The highest BCUT2D eigenvalue weighted by Gasteiger charge is 2.47. The molecule has 0 saturated carbocycles. The van der Waals surface area contributed by atoms with Crippen molar-refractivity contribution >= 4 is 47.5 Å². The lowest BCUT2D eigenvalue weighted by Gasteiger charge is -2.38. The van der Waals surface area contributed by atoms with Crippen molar-refractivity contribution < 1.29 is 75.2 Å². The largest absolute Gasteiger partial charge is 0.489 e. The summed E-state index contributed by atoms with van der Waals surface area (Å²) in [6, 6.07) is 19.7.